The van der Waals surface area contributed by atoms with Gasteiger partial charge in [0.15, 0.2) is 5.01 Å². The highest BCUT2D eigenvalue weighted by molar-refractivity contribution is 8.01. The van der Waals surface area contributed by atoms with Crippen LogP contribution >= 0.6 is 23.1 Å². The first-order valence-electron chi connectivity index (χ1n) is 8.13. The largest absolute Gasteiger partial charge is 0.508 e. The third kappa shape index (κ3) is 3.43. The predicted molar refractivity (Wildman–Crippen MR) is 94.8 cm³/mol. The van der Waals surface area contributed by atoms with Crippen molar-refractivity contribution in [3.8, 4) is 5.75 Å². The van der Waals surface area contributed by atoms with Gasteiger partial charge in [0.2, 0.25) is 0 Å². The number of carbonyl (C=O) groups excluding carboxylic acids is 1. The molecule has 4 heterocycles. The SMILES string of the molecule is O=C(NC1CN2CCC1CC2)c1ncc(Sc2ccc(O)cc2)s1. The van der Waals surface area contributed by atoms with Crippen LogP contribution in [0.25, 0.3) is 0 Å². The number of nitrogens with zero attached hydrogens (tertiary/aromatic N) is 2. The molecule has 1 unspecified atom stereocenters. The van der Waals surface area contributed by atoms with Gasteiger partial charge in [-0.25, -0.2) is 4.98 Å². The van der Waals surface area contributed by atoms with Crippen LogP contribution in [0.15, 0.2) is 39.6 Å². The van der Waals surface area contributed by atoms with Crippen LogP contribution in [0.4, 0.5) is 0 Å². The number of benzene rings is 1. The molecular weight excluding hydrogens is 342 g/mol. The molecule has 1 atom stereocenters. The second-order valence-corrected chi connectivity index (χ2v) is 8.70. The summed E-state index contributed by atoms with van der Waals surface area (Å²) in [5.41, 5.74) is 0. The molecule has 126 valence electrons. The highest BCUT2D eigenvalue weighted by Gasteiger charge is 2.35. The molecule has 7 heteroatoms. The Balaban J connectivity index is 1.39. The summed E-state index contributed by atoms with van der Waals surface area (Å²) in [6.07, 6.45) is 4.11. The number of hydrogen-bond donors (Lipinski definition) is 2. The normalized spacial score (nSPS) is 25.6. The Labute approximate surface area is 149 Å². The average molecular weight is 361 g/mol. The van der Waals surface area contributed by atoms with Crippen LogP contribution in [0, 0.1) is 5.92 Å². The minimum absolute atomic E-state index is 0.0590. The summed E-state index contributed by atoms with van der Waals surface area (Å²) in [5.74, 6) is 0.808. The van der Waals surface area contributed by atoms with Gasteiger partial charge in [0.1, 0.15) is 5.75 Å². The first kappa shape index (κ1) is 15.9. The summed E-state index contributed by atoms with van der Waals surface area (Å²) in [7, 11) is 0. The maximum Gasteiger partial charge on any atom is 0.280 e. The standard InChI is InChI=1S/C17H19N3O2S2/c21-12-1-3-13(4-2-12)23-15-9-18-17(24-15)16(22)19-14-10-20-7-5-11(14)6-8-20/h1-4,9,11,14,21H,5-8,10H2,(H,19,22). The van der Waals surface area contributed by atoms with Crippen molar-refractivity contribution in [2.45, 2.75) is 28.0 Å². The van der Waals surface area contributed by atoms with E-state index in [1.54, 1.807) is 30.1 Å². The molecule has 3 fully saturated rings. The van der Waals surface area contributed by atoms with Crippen LogP contribution in [0.3, 0.4) is 0 Å². The molecule has 1 amide bonds. The summed E-state index contributed by atoms with van der Waals surface area (Å²) >= 11 is 2.96. The van der Waals surface area contributed by atoms with Gasteiger partial charge in [0.25, 0.3) is 5.91 Å². The summed E-state index contributed by atoms with van der Waals surface area (Å²) < 4.78 is 0.972. The van der Waals surface area contributed by atoms with E-state index in [1.165, 1.54) is 37.3 Å². The Morgan fingerprint density at radius 2 is 2.04 bits per heavy atom. The van der Waals surface area contributed by atoms with Crippen molar-refractivity contribution in [1.82, 2.24) is 15.2 Å². The molecule has 0 aliphatic carbocycles. The van der Waals surface area contributed by atoms with Gasteiger partial charge >= 0.3 is 0 Å². The summed E-state index contributed by atoms with van der Waals surface area (Å²) in [5, 5.41) is 13.0. The number of aromatic hydroxyl groups is 1. The van der Waals surface area contributed by atoms with Crippen LogP contribution < -0.4 is 5.32 Å². The fraction of sp³-hybridized carbons (Fsp3) is 0.412. The molecule has 3 aliphatic rings. The van der Waals surface area contributed by atoms with Crippen LogP contribution in [0.2, 0.25) is 0 Å². The number of hydrogen-bond acceptors (Lipinski definition) is 6. The summed E-state index contributed by atoms with van der Waals surface area (Å²) in [6, 6.07) is 7.28. The van der Waals surface area contributed by atoms with Crippen molar-refractivity contribution in [2.75, 3.05) is 19.6 Å². The number of rotatable bonds is 4. The first-order chi connectivity index (χ1) is 11.7. The number of thiazole rings is 1. The van der Waals surface area contributed by atoms with Gasteiger partial charge in [-0.2, -0.15) is 0 Å². The number of amides is 1. The smallest absolute Gasteiger partial charge is 0.280 e. The molecule has 1 aromatic carbocycles. The van der Waals surface area contributed by atoms with E-state index in [4.69, 9.17) is 0 Å². The molecule has 0 spiro atoms. The number of phenolic OH excluding ortho intramolecular Hbond substituents is 1. The summed E-state index contributed by atoms with van der Waals surface area (Å²) in [6.45, 7) is 3.31. The molecule has 0 radical (unpaired) electrons. The Hall–Kier alpha value is -1.57. The minimum Gasteiger partial charge on any atom is -0.508 e. The van der Waals surface area contributed by atoms with Crippen molar-refractivity contribution >= 4 is 29.0 Å². The molecule has 2 bridgehead atoms. The molecule has 1 aromatic heterocycles. The van der Waals surface area contributed by atoms with E-state index in [9.17, 15) is 9.90 Å². The fourth-order valence-electron chi connectivity index (χ4n) is 3.40. The van der Waals surface area contributed by atoms with Crippen molar-refractivity contribution in [2.24, 2.45) is 5.92 Å². The maximum atomic E-state index is 12.5. The van der Waals surface area contributed by atoms with Crippen molar-refractivity contribution < 1.29 is 9.90 Å². The van der Waals surface area contributed by atoms with Crippen LogP contribution in [0.5, 0.6) is 5.75 Å². The molecular formula is C17H19N3O2S2. The molecule has 3 aliphatic heterocycles. The number of fused-ring (bicyclic) bond motifs is 3. The lowest BCUT2D eigenvalue weighted by atomic mass is 9.84. The average Bonchev–Trinajstić information content (AvgIpc) is 3.07. The zero-order valence-corrected chi connectivity index (χ0v) is 14.8. The number of piperidine rings is 3. The third-order valence-corrected chi connectivity index (χ3v) is 6.81. The molecule has 2 aromatic rings. The Morgan fingerprint density at radius 3 is 2.71 bits per heavy atom. The zero-order chi connectivity index (χ0) is 16.5. The Kier molecular flexibility index (Phi) is 4.47. The third-order valence-electron chi connectivity index (χ3n) is 4.71. The number of carbonyl (C=O) groups is 1. The molecule has 2 N–H and O–H groups in total. The van der Waals surface area contributed by atoms with Crippen molar-refractivity contribution in [1.29, 1.82) is 0 Å². The molecule has 5 nitrogen and oxygen atoms in total. The first-order valence-corrected chi connectivity index (χ1v) is 9.76. The molecule has 0 saturated carbocycles. The lowest BCUT2D eigenvalue weighted by Gasteiger charge is -2.44. The lowest BCUT2D eigenvalue weighted by molar-refractivity contribution is 0.0620. The molecule has 24 heavy (non-hydrogen) atoms. The molecule has 3 saturated heterocycles. The van der Waals surface area contributed by atoms with E-state index in [0.29, 0.717) is 10.9 Å². The van der Waals surface area contributed by atoms with E-state index >= 15 is 0 Å². The lowest BCUT2D eigenvalue weighted by Crippen LogP contribution is -2.57. The van der Waals surface area contributed by atoms with Gasteiger partial charge < -0.3 is 15.3 Å². The zero-order valence-electron chi connectivity index (χ0n) is 13.1. The highest BCUT2D eigenvalue weighted by atomic mass is 32.2. The van der Waals surface area contributed by atoms with Crippen molar-refractivity contribution in [3.05, 3.63) is 35.5 Å². The number of phenols is 1. The van der Waals surface area contributed by atoms with Gasteiger partial charge in [-0.1, -0.05) is 11.8 Å². The van der Waals surface area contributed by atoms with Gasteiger partial charge in [-0.3, -0.25) is 4.79 Å². The topological polar surface area (TPSA) is 65.5 Å². The van der Waals surface area contributed by atoms with E-state index in [1.807, 2.05) is 12.1 Å². The monoisotopic (exact) mass is 361 g/mol. The second-order valence-electron chi connectivity index (χ2n) is 6.30. The van der Waals surface area contributed by atoms with Gasteiger partial charge in [0.05, 0.1) is 10.4 Å². The quantitative estimate of drug-likeness (QED) is 0.877. The number of nitrogens with one attached hydrogen (secondary N) is 1. The minimum atomic E-state index is -0.0590. The van der Waals surface area contributed by atoms with Gasteiger partial charge in [0, 0.05) is 17.5 Å². The van der Waals surface area contributed by atoms with Crippen LogP contribution in [-0.2, 0) is 0 Å². The fourth-order valence-corrected chi connectivity index (χ4v) is 5.26. The van der Waals surface area contributed by atoms with E-state index in [-0.39, 0.29) is 17.7 Å². The van der Waals surface area contributed by atoms with Crippen LogP contribution in [-0.4, -0.2) is 46.6 Å². The van der Waals surface area contributed by atoms with E-state index in [2.05, 4.69) is 15.2 Å². The number of aromatic nitrogens is 1. The van der Waals surface area contributed by atoms with Gasteiger partial charge in [-0.05, 0) is 56.1 Å². The maximum absolute atomic E-state index is 12.5. The Morgan fingerprint density at radius 1 is 1.29 bits per heavy atom. The van der Waals surface area contributed by atoms with Crippen molar-refractivity contribution in [3.63, 3.8) is 0 Å². The second kappa shape index (κ2) is 6.74. The Bertz CT molecular complexity index is 724. The van der Waals surface area contributed by atoms with Crippen LogP contribution in [0.1, 0.15) is 22.6 Å². The molecule has 5 rings (SSSR count). The summed E-state index contributed by atoms with van der Waals surface area (Å²) in [4.78, 5) is 20.2. The predicted octanol–water partition coefficient (Wildman–Crippen LogP) is 2.82. The van der Waals surface area contributed by atoms with E-state index < -0.39 is 0 Å². The highest BCUT2D eigenvalue weighted by Crippen LogP contribution is 2.33. The van der Waals surface area contributed by atoms with Gasteiger partial charge in [-0.15, -0.1) is 11.3 Å². The van der Waals surface area contributed by atoms with E-state index in [0.717, 1.165) is 15.6 Å².